The van der Waals surface area contributed by atoms with Crippen LogP contribution < -0.4 is 11.1 Å². The molecule has 1 aromatic carbocycles. The molecule has 1 amide bonds. The summed E-state index contributed by atoms with van der Waals surface area (Å²) in [7, 11) is 1.86. The molecular weight excluding hydrogens is 402 g/mol. The molecule has 0 aliphatic carbocycles. The molecule has 0 unspecified atom stereocenters. The van der Waals surface area contributed by atoms with Gasteiger partial charge in [-0.1, -0.05) is 11.6 Å². The normalized spacial score (nSPS) is 11.2. The van der Waals surface area contributed by atoms with Crippen molar-refractivity contribution in [1.82, 2.24) is 19.3 Å². The van der Waals surface area contributed by atoms with E-state index in [2.05, 4.69) is 15.4 Å². The third-order valence-corrected chi connectivity index (χ3v) is 5.45. The second-order valence-corrected chi connectivity index (χ2v) is 7.53. The van der Waals surface area contributed by atoms with E-state index in [1.807, 2.05) is 19.4 Å². The van der Waals surface area contributed by atoms with Crippen LogP contribution in [0.1, 0.15) is 12.1 Å². The van der Waals surface area contributed by atoms with Crippen LogP contribution in [0.3, 0.4) is 0 Å². The van der Waals surface area contributed by atoms with E-state index < -0.39 is 5.76 Å². The first-order valence-electron chi connectivity index (χ1n) is 8.45. The lowest BCUT2D eigenvalue weighted by molar-refractivity contribution is -0.116. The zero-order valence-electron chi connectivity index (χ0n) is 15.1. The Balaban J connectivity index is 1.44. The summed E-state index contributed by atoms with van der Waals surface area (Å²) in [6.07, 6.45) is 1.86. The van der Waals surface area contributed by atoms with Crippen LogP contribution in [0.25, 0.3) is 22.4 Å². The highest BCUT2D eigenvalue weighted by atomic mass is 35.5. The average Bonchev–Trinajstić information content (AvgIpc) is 3.31. The van der Waals surface area contributed by atoms with E-state index in [9.17, 15) is 9.59 Å². The quantitative estimate of drug-likeness (QED) is 0.536. The van der Waals surface area contributed by atoms with Crippen molar-refractivity contribution < 1.29 is 9.21 Å². The van der Waals surface area contributed by atoms with Crippen molar-refractivity contribution in [2.24, 2.45) is 7.05 Å². The third-order valence-electron chi connectivity index (χ3n) is 4.45. The van der Waals surface area contributed by atoms with Crippen LogP contribution in [0.15, 0.2) is 39.0 Å². The number of oxazole rings is 1. The van der Waals surface area contributed by atoms with Crippen molar-refractivity contribution in [2.45, 2.75) is 19.9 Å². The number of amides is 1. The summed E-state index contributed by atoms with van der Waals surface area (Å²) in [6.45, 7) is 2.15. The smallest absolute Gasteiger partial charge is 0.408 e. The van der Waals surface area contributed by atoms with Crippen LogP contribution in [0.4, 0.5) is 5.13 Å². The number of carbonyl (C=O) groups is 1. The number of aromatic nitrogens is 4. The Morgan fingerprint density at radius 3 is 2.96 bits per heavy atom. The Morgan fingerprint density at radius 1 is 1.39 bits per heavy atom. The Hall–Kier alpha value is -2.91. The number of fused-ring (bicyclic) bond motifs is 1. The van der Waals surface area contributed by atoms with Gasteiger partial charge in [-0.15, -0.1) is 11.3 Å². The van der Waals surface area contributed by atoms with Gasteiger partial charge in [0.25, 0.3) is 0 Å². The number of thiazole rings is 1. The van der Waals surface area contributed by atoms with Gasteiger partial charge >= 0.3 is 5.76 Å². The highest BCUT2D eigenvalue weighted by Crippen LogP contribution is 2.27. The predicted octanol–water partition coefficient (Wildman–Crippen LogP) is 3.44. The molecule has 0 aliphatic heterocycles. The van der Waals surface area contributed by atoms with E-state index in [1.54, 1.807) is 29.1 Å². The predicted molar refractivity (Wildman–Crippen MR) is 108 cm³/mol. The van der Waals surface area contributed by atoms with E-state index >= 15 is 0 Å². The molecule has 10 heteroatoms. The second-order valence-electron chi connectivity index (χ2n) is 6.23. The molecule has 0 radical (unpaired) electrons. The number of nitrogens with zero attached hydrogens (tertiary/aromatic N) is 4. The van der Waals surface area contributed by atoms with Gasteiger partial charge in [-0.2, -0.15) is 5.10 Å². The zero-order chi connectivity index (χ0) is 19.8. The third kappa shape index (κ3) is 3.46. The summed E-state index contributed by atoms with van der Waals surface area (Å²) in [5, 5.41) is 9.83. The fourth-order valence-corrected chi connectivity index (χ4v) is 3.74. The first kappa shape index (κ1) is 18.5. The van der Waals surface area contributed by atoms with Gasteiger partial charge < -0.3 is 9.73 Å². The highest BCUT2D eigenvalue weighted by molar-refractivity contribution is 7.14. The fourth-order valence-electron chi connectivity index (χ4n) is 2.85. The van der Waals surface area contributed by atoms with Crippen LogP contribution in [0, 0.1) is 6.92 Å². The minimum atomic E-state index is -0.520. The lowest BCUT2D eigenvalue weighted by Gasteiger charge is -2.03. The van der Waals surface area contributed by atoms with Crippen LogP contribution in [0.2, 0.25) is 5.02 Å². The Morgan fingerprint density at radius 2 is 2.21 bits per heavy atom. The summed E-state index contributed by atoms with van der Waals surface area (Å²) in [5.41, 5.74) is 3.68. The molecule has 0 bridgehead atoms. The average molecular weight is 418 g/mol. The lowest BCUT2D eigenvalue weighted by Crippen LogP contribution is -2.19. The lowest BCUT2D eigenvalue weighted by atomic mass is 10.2. The maximum Gasteiger partial charge on any atom is 0.419 e. The van der Waals surface area contributed by atoms with E-state index in [0.717, 1.165) is 17.0 Å². The van der Waals surface area contributed by atoms with Gasteiger partial charge in [-0.05, 0) is 19.1 Å². The molecule has 0 atom stereocenters. The summed E-state index contributed by atoms with van der Waals surface area (Å²) >= 11 is 7.25. The number of hydrogen-bond donors (Lipinski definition) is 1. The Kier molecular flexibility index (Phi) is 4.78. The Bertz CT molecular complexity index is 1240. The van der Waals surface area contributed by atoms with Crippen molar-refractivity contribution in [3.8, 4) is 11.3 Å². The van der Waals surface area contributed by atoms with Crippen LogP contribution in [-0.4, -0.2) is 25.2 Å². The standard InChI is InChI=1S/C18H16ClN5O3S/c1-10-12(8-20-23(10)2)13-9-28-17(21-13)22-16(25)5-6-24-14-4-3-11(19)7-15(14)27-18(24)26/h3-4,7-9H,5-6H2,1-2H3,(H,21,22,25). The SMILES string of the molecule is Cc1c(-c2csc(NC(=O)CCn3c(=O)oc4cc(Cl)ccc43)n2)cnn1C. The molecule has 4 rings (SSSR count). The molecule has 3 aromatic heterocycles. The number of carbonyl (C=O) groups excluding carboxylic acids is 1. The van der Waals surface area contributed by atoms with Gasteiger partial charge in [0.1, 0.15) is 0 Å². The largest absolute Gasteiger partial charge is 0.419 e. The second kappa shape index (κ2) is 7.25. The molecule has 1 N–H and O–H groups in total. The molecule has 0 fully saturated rings. The monoisotopic (exact) mass is 417 g/mol. The molecule has 0 aliphatic rings. The van der Waals surface area contributed by atoms with E-state index in [1.165, 1.54) is 15.9 Å². The molecule has 0 saturated heterocycles. The molecule has 28 heavy (non-hydrogen) atoms. The van der Waals surface area contributed by atoms with E-state index in [0.29, 0.717) is 21.3 Å². The van der Waals surface area contributed by atoms with Crippen molar-refractivity contribution in [2.75, 3.05) is 5.32 Å². The number of nitrogens with one attached hydrogen (secondary N) is 1. The number of benzene rings is 1. The maximum absolute atomic E-state index is 12.3. The molecule has 0 spiro atoms. The first-order chi connectivity index (χ1) is 13.4. The maximum atomic E-state index is 12.3. The summed E-state index contributed by atoms with van der Waals surface area (Å²) < 4.78 is 8.35. The molecule has 144 valence electrons. The van der Waals surface area contributed by atoms with Crippen molar-refractivity contribution in [3.05, 3.63) is 51.0 Å². The number of halogens is 1. The van der Waals surface area contributed by atoms with Gasteiger partial charge in [0.2, 0.25) is 5.91 Å². The van der Waals surface area contributed by atoms with Gasteiger partial charge in [-0.25, -0.2) is 9.78 Å². The fraction of sp³-hybridized carbons (Fsp3) is 0.222. The number of hydrogen-bond acceptors (Lipinski definition) is 6. The highest BCUT2D eigenvalue weighted by Gasteiger charge is 2.14. The summed E-state index contributed by atoms with van der Waals surface area (Å²) in [5.74, 6) is -0.757. The van der Waals surface area contributed by atoms with Crippen LogP contribution >= 0.6 is 22.9 Å². The molecule has 3 heterocycles. The van der Waals surface area contributed by atoms with Crippen molar-refractivity contribution in [1.29, 1.82) is 0 Å². The van der Waals surface area contributed by atoms with Gasteiger partial charge in [-0.3, -0.25) is 14.0 Å². The molecular formula is C18H16ClN5O3S. The van der Waals surface area contributed by atoms with Gasteiger partial charge in [0.15, 0.2) is 10.7 Å². The number of anilines is 1. The zero-order valence-corrected chi connectivity index (χ0v) is 16.7. The molecule has 8 nitrogen and oxygen atoms in total. The van der Waals surface area contributed by atoms with Gasteiger partial charge in [0.05, 0.1) is 17.4 Å². The molecule has 4 aromatic rings. The van der Waals surface area contributed by atoms with Crippen molar-refractivity contribution in [3.63, 3.8) is 0 Å². The molecule has 0 saturated carbocycles. The Labute approximate surface area is 168 Å². The summed E-state index contributed by atoms with van der Waals surface area (Å²) in [6, 6.07) is 4.95. The van der Waals surface area contributed by atoms with Crippen molar-refractivity contribution >= 4 is 45.1 Å². The van der Waals surface area contributed by atoms with E-state index in [-0.39, 0.29) is 18.9 Å². The minimum absolute atomic E-state index is 0.109. The minimum Gasteiger partial charge on any atom is -0.408 e. The topological polar surface area (TPSA) is 95.0 Å². The van der Waals surface area contributed by atoms with E-state index in [4.69, 9.17) is 16.0 Å². The number of rotatable bonds is 5. The number of aryl methyl sites for hydroxylation is 2. The summed E-state index contributed by atoms with van der Waals surface area (Å²) in [4.78, 5) is 28.8. The van der Waals surface area contributed by atoms with Crippen LogP contribution in [0.5, 0.6) is 0 Å². The van der Waals surface area contributed by atoms with Gasteiger partial charge in [0, 0.05) is 47.7 Å². The van der Waals surface area contributed by atoms with Crippen LogP contribution in [-0.2, 0) is 18.4 Å². The first-order valence-corrected chi connectivity index (χ1v) is 9.71.